The van der Waals surface area contributed by atoms with E-state index in [-0.39, 0.29) is 0 Å². The quantitative estimate of drug-likeness (QED) is 0.841. The SMILES string of the molecule is Cc1ccc(S(=O)(=O)[N-]S(=O)(=O)C(F)F)cc1. The van der Waals surface area contributed by atoms with E-state index >= 15 is 0 Å². The van der Waals surface area contributed by atoms with Crippen molar-refractivity contribution >= 4 is 20.0 Å². The van der Waals surface area contributed by atoms with Gasteiger partial charge in [0.25, 0.3) is 0 Å². The molecule has 17 heavy (non-hydrogen) atoms. The Balaban J connectivity index is 3.10. The van der Waals surface area contributed by atoms with Gasteiger partial charge in [-0.2, -0.15) is 8.78 Å². The summed E-state index contributed by atoms with van der Waals surface area (Å²) in [5.74, 6) is -3.86. The number of rotatable bonds is 4. The molecule has 0 heterocycles. The minimum absolute atomic E-state index is 0.452. The molecule has 0 atom stereocenters. The van der Waals surface area contributed by atoms with Gasteiger partial charge in [0, 0.05) is 4.90 Å². The summed E-state index contributed by atoms with van der Waals surface area (Å²) in [6.07, 6.45) is 0. The van der Waals surface area contributed by atoms with Gasteiger partial charge >= 0.3 is 5.76 Å². The largest absolute Gasteiger partial charge is 0.427 e. The molecule has 1 aromatic rings. The van der Waals surface area contributed by atoms with Gasteiger partial charge in [0.2, 0.25) is 0 Å². The van der Waals surface area contributed by atoms with Crippen LogP contribution < -0.4 is 0 Å². The molecule has 0 aliphatic rings. The molecule has 0 unspecified atom stereocenters. The van der Waals surface area contributed by atoms with Crippen LogP contribution in [0.5, 0.6) is 0 Å². The van der Waals surface area contributed by atoms with Crippen molar-refractivity contribution in [3.63, 3.8) is 0 Å². The average molecular weight is 284 g/mol. The van der Waals surface area contributed by atoms with Gasteiger partial charge in [-0.25, -0.2) is 16.8 Å². The topological polar surface area (TPSA) is 82.4 Å². The van der Waals surface area contributed by atoms with E-state index < -0.39 is 30.7 Å². The van der Waals surface area contributed by atoms with Crippen molar-refractivity contribution in [2.24, 2.45) is 0 Å². The first-order valence-corrected chi connectivity index (χ1v) is 7.17. The monoisotopic (exact) mass is 284 g/mol. The van der Waals surface area contributed by atoms with Gasteiger partial charge in [-0.15, -0.1) is 0 Å². The fourth-order valence-corrected chi connectivity index (χ4v) is 3.10. The summed E-state index contributed by atoms with van der Waals surface area (Å²) in [5.41, 5.74) is 0.737. The number of halogens is 2. The number of hydrogen-bond acceptors (Lipinski definition) is 4. The molecular formula is C8H8F2NO4S2-. The first-order chi connectivity index (χ1) is 7.65. The summed E-state index contributed by atoms with van der Waals surface area (Å²) in [6, 6.07) is 4.99. The Bertz CT molecular complexity index is 593. The Morgan fingerprint density at radius 2 is 1.53 bits per heavy atom. The molecule has 0 amide bonds. The molecule has 0 aliphatic heterocycles. The van der Waals surface area contributed by atoms with E-state index in [1.165, 1.54) is 12.1 Å². The number of hydrogen-bond donors (Lipinski definition) is 0. The lowest BCUT2D eigenvalue weighted by molar-refractivity contribution is 0.236. The van der Waals surface area contributed by atoms with Gasteiger partial charge in [-0.3, -0.25) is 0 Å². The Morgan fingerprint density at radius 3 is 1.94 bits per heavy atom. The highest BCUT2D eigenvalue weighted by molar-refractivity contribution is 8.12. The van der Waals surface area contributed by atoms with E-state index in [4.69, 9.17) is 0 Å². The van der Waals surface area contributed by atoms with Crippen LogP contribution in [0.15, 0.2) is 29.2 Å². The van der Waals surface area contributed by atoms with Gasteiger partial charge in [0.15, 0.2) is 0 Å². The summed E-state index contributed by atoms with van der Waals surface area (Å²) in [7, 11) is -9.93. The minimum atomic E-state index is -5.31. The maximum atomic E-state index is 12.0. The zero-order valence-corrected chi connectivity index (χ0v) is 10.2. The fourth-order valence-electron chi connectivity index (χ4n) is 0.923. The standard InChI is InChI=1S/C8H8F2NO4S2/c1-6-2-4-7(5-3-6)16(12,13)11-17(14,15)8(9)10/h2-5,8H,1H3/q-1. The predicted octanol–water partition coefficient (Wildman–Crippen LogP) is 1.61. The number of aryl methyl sites for hydroxylation is 1. The molecule has 9 heteroatoms. The number of nitrogens with zero attached hydrogens (tertiary/aromatic N) is 1. The lowest BCUT2D eigenvalue weighted by atomic mass is 10.2. The summed E-state index contributed by atoms with van der Waals surface area (Å²) in [4.78, 5) is -0.452. The molecular weight excluding hydrogens is 276 g/mol. The maximum Gasteiger partial charge on any atom is 0.320 e. The summed E-state index contributed by atoms with van der Waals surface area (Å²) in [6.45, 7) is 1.68. The second-order valence-electron chi connectivity index (χ2n) is 3.14. The third-order valence-electron chi connectivity index (χ3n) is 1.75. The summed E-state index contributed by atoms with van der Waals surface area (Å²) < 4.78 is 70.3. The fraction of sp³-hybridized carbons (Fsp3) is 0.250. The molecule has 96 valence electrons. The van der Waals surface area contributed by atoms with E-state index in [2.05, 4.69) is 4.13 Å². The van der Waals surface area contributed by atoms with Crippen molar-refractivity contribution in [2.75, 3.05) is 0 Å². The molecule has 0 aliphatic carbocycles. The van der Waals surface area contributed by atoms with E-state index in [9.17, 15) is 25.6 Å². The van der Waals surface area contributed by atoms with Gasteiger partial charge in [-0.05, 0) is 19.1 Å². The van der Waals surface area contributed by atoms with Crippen molar-refractivity contribution in [1.82, 2.24) is 0 Å². The summed E-state index contributed by atoms with van der Waals surface area (Å²) in [5, 5.41) is 0. The molecule has 0 N–H and O–H groups in total. The average Bonchev–Trinajstić information content (AvgIpc) is 2.16. The van der Waals surface area contributed by atoms with Gasteiger partial charge < -0.3 is 4.13 Å². The van der Waals surface area contributed by atoms with Gasteiger partial charge in [0.05, 0.1) is 0 Å². The molecule has 1 aromatic carbocycles. The second kappa shape index (κ2) is 4.67. The van der Waals surface area contributed by atoms with E-state index in [0.29, 0.717) is 0 Å². The molecule has 0 saturated heterocycles. The van der Waals surface area contributed by atoms with E-state index in [1.54, 1.807) is 6.92 Å². The lowest BCUT2D eigenvalue weighted by Gasteiger charge is -2.19. The number of sulfonamides is 2. The van der Waals surface area contributed by atoms with E-state index in [0.717, 1.165) is 17.7 Å². The van der Waals surface area contributed by atoms with E-state index in [1.807, 2.05) is 0 Å². The van der Waals surface area contributed by atoms with Crippen molar-refractivity contribution in [3.05, 3.63) is 34.0 Å². The molecule has 0 spiro atoms. The van der Waals surface area contributed by atoms with Crippen LogP contribution in [0.1, 0.15) is 5.56 Å². The van der Waals surface area contributed by atoms with Crippen LogP contribution >= 0.6 is 0 Å². The Hall–Kier alpha value is -1.06. The highest BCUT2D eigenvalue weighted by atomic mass is 32.3. The minimum Gasteiger partial charge on any atom is -0.427 e. The normalized spacial score (nSPS) is 12.9. The third-order valence-corrected chi connectivity index (χ3v) is 4.68. The van der Waals surface area contributed by atoms with Crippen LogP contribution in [0.4, 0.5) is 8.78 Å². The number of benzene rings is 1. The van der Waals surface area contributed by atoms with Crippen molar-refractivity contribution < 1.29 is 25.6 Å². The highest BCUT2D eigenvalue weighted by Gasteiger charge is 2.19. The molecule has 1 rings (SSSR count). The summed E-state index contributed by atoms with van der Waals surface area (Å²) >= 11 is 0. The van der Waals surface area contributed by atoms with Crippen molar-refractivity contribution in [2.45, 2.75) is 17.6 Å². The predicted molar refractivity (Wildman–Crippen MR) is 56.6 cm³/mol. The van der Waals surface area contributed by atoms with Crippen LogP contribution in [0, 0.1) is 6.92 Å². The maximum absolute atomic E-state index is 12.0. The molecule has 0 fully saturated rings. The second-order valence-corrected chi connectivity index (χ2v) is 6.54. The smallest absolute Gasteiger partial charge is 0.320 e. The Morgan fingerprint density at radius 1 is 1.06 bits per heavy atom. The molecule has 0 bridgehead atoms. The van der Waals surface area contributed by atoms with Crippen LogP contribution in [0.2, 0.25) is 0 Å². The zero-order valence-electron chi connectivity index (χ0n) is 8.54. The molecule has 5 nitrogen and oxygen atoms in total. The van der Waals surface area contributed by atoms with Crippen molar-refractivity contribution in [1.29, 1.82) is 0 Å². The molecule has 0 saturated carbocycles. The van der Waals surface area contributed by atoms with Gasteiger partial charge in [0.1, 0.15) is 20.0 Å². The number of alkyl halides is 2. The zero-order chi connectivity index (χ0) is 13.3. The Kier molecular flexibility index (Phi) is 3.84. The Labute approximate surface area is 97.6 Å². The first kappa shape index (κ1) is 14.0. The van der Waals surface area contributed by atoms with Crippen LogP contribution in [0.25, 0.3) is 4.13 Å². The highest BCUT2D eigenvalue weighted by Crippen LogP contribution is 2.24. The van der Waals surface area contributed by atoms with Gasteiger partial charge in [-0.1, -0.05) is 17.7 Å². The van der Waals surface area contributed by atoms with Crippen LogP contribution in [-0.4, -0.2) is 22.6 Å². The van der Waals surface area contributed by atoms with Crippen LogP contribution in [-0.2, 0) is 20.0 Å². The first-order valence-electron chi connectivity index (χ1n) is 4.23. The lowest BCUT2D eigenvalue weighted by Crippen LogP contribution is -2.14. The molecule has 0 radical (unpaired) electrons. The van der Waals surface area contributed by atoms with Crippen LogP contribution in [0.3, 0.4) is 0 Å². The van der Waals surface area contributed by atoms with Crippen molar-refractivity contribution in [3.8, 4) is 0 Å². The molecule has 0 aromatic heterocycles. The third kappa shape index (κ3) is 3.45.